The van der Waals surface area contributed by atoms with E-state index in [1.54, 1.807) is 0 Å². The highest BCUT2D eigenvalue weighted by Gasteiger charge is 2.18. The van der Waals surface area contributed by atoms with E-state index in [-0.39, 0.29) is 12.5 Å². The molecule has 1 aromatic rings. The Kier molecular flexibility index (Phi) is 6.17. The van der Waals surface area contributed by atoms with Crippen molar-refractivity contribution >= 4 is 5.97 Å². The molecule has 1 atom stereocenters. The molecule has 0 saturated carbocycles. The lowest BCUT2D eigenvalue weighted by atomic mass is 10.1. The van der Waals surface area contributed by atoms with Gasteiger partial charge in [-0.2, -0.15) is 0 Å². The number of nitrogens with zero attached hydrogens (tertiary/aromatic N) is 1. The minimum absolute atomic E-state index is 0.0798. The number of ether oxygens (including phenoxy) is 1. The van der Waals surface area contributed by atoms with Crippen LogP contribution in [0, 0.1) is 0 Å². The lowest BCUT2D eigenvalue weighted by Gasteiger charge is -2.32. The Labute approximate surface area is 125 Å². The standard InChI is InChI=1S/C16H24N2O3/c1-2-18-7-8-21-15(12-18)11-17-10-14-5-3-13(4-6-14)9-16(19)20/h3-6,15,17H,2,7-12H2,1H3,(H,19,20). The van der Waals surface area contributed by atoms with Gasteiger partial charge in [-0.25, -0.2) is 0 Å². The van der Waals surface area contributed by atoms with Gasteiger partial charge in [0.2, 0.25) is 0 Å². The maximum absolute atomic E-state index is 10.6. The summed E-state index contributed by atoms with van der Waals surface area (Å²) in [6.07, 6.45) is 0.334. The highest BCUT2D eigenvalue weighted by atomic mass is 16.5. The number of hydrogen-bond acceptors (Lipinski definition) is 4. The van der Waals surface area contributed by atoms with E-state index in [2.05, 4.69) is 17.1 Å². The topological polar surface area (TPSA) is 61.8 Å². The molecule has 0 aliphatic carbocycles. The zero-order chi connectivity index (χ0) is 15.1. The van der Waals surface area contributed by atoms with Gasteiger partial charge in [0.25, 0.3) is 0 Å². The molecule has 116 valence electrons. The molecular formula is C16H24N2O3. The van der Waals surface area contributed by atoms with Crippen LogP contribution in [-0.4, -0.2) is 54.9 Å². The van der Waals surface area contributed by atoms with Crippen LogP contribution in [0.2, 0.25) is 0 Å². The Hall–Kier alpha value is -1.43. The van der Waals surface area contributed by atoms with Crippen molar-refractivity contribution in [3.63, 3.8) is 0 Å². The molecule has 0 amide bonds. The quantitative estimate of drug-likeness (QED) is 0.789. The Balaban J connectivity index is 1.71. The van der Waals surface area contributed by atoms with Crippen molar-refractivity contribution in [1.29, 1.82) is 0 Å². The summed E-state index contributed by atoms with van der Waals surface area (Å²) in [5, 5.41) is 12.1. The van der Waals surface area contributed by atoms with Gasteiger partial charge in [0.15, 0.2) is 0 Å². The lowest BCUT2D eigenvalue weighted by molar-refractivity contribution is -0.136. The molecule has 5 nitrogen and oxygen atoms in total. The Morgan fingerprint density at radius 3 is 2.76 bits per heavy atom. The molecule has 2 N–H and O–H groups in total. The molecule has 1 aromatic carbocycles. The molecule has 1 unspecified atom stereocenters. The average Bonchev–Trinajstić information content (AvgIpc) is 2.49. The van der Waals surface area contributed by atoms with Crippen LogP contribution in [0.25, 0.3) is 0 Å². The summed E-state index contributed by atoms with van der Waals surface area (Å²) in [6.45, 7) is 7.69. The van der Waals surface area contributed by atoms with Crippen molar-refractivity contribution < 1.29 is 14.6 Å². The molecule has 1 heterocycles. The van der Waals surface area contributed by atoms with Gasteiger partial charge in [0.1, 0.15) is 0 Å². The summed E-state index contributed by atoms with van der Waals surface area (Å²) in [5.41, 5.74) is 1.99. The minimum Gasteiger partial charge on any atom is -0.481 e. The first kappa shape index (κ1) is 15.9. The number of likely N-dealkylation sites (N-methyl/N-ethyl adjacent to an activating group) is 1. The number of rotatable bonds is 7. The van der Waals surface area contributed by atoms with E-state index in [0.29, 0.717) is 0 Å². The molecule has 5 heteroatoms. The van der Waals surface area contributed by atoms with Crippen LogP contribution in [0.4, 0.5) is 0 Å². The molecular weight excluding hydrogens is 268 g/mol. The van der Waals surface area contributed by atoms with Crippen LogP contribution in [0.15, 0.2) is 24.3 Å². The number of aliphatic carboxylic acids is 1. The molecule has 0 radical (unpaired) electrons. The van der Waals surface area contributed by atoms with Gasteiger partial charge in [0.05, 0.1) is 19.1 Å². The summed E-state index contributed by atoms with van der Waals surface area (Å²) in [7, 11) is 0. The van der Waals surface area contributed by atoms with Crippen molar-refractivity contribution in [3.05, 3.63) is 35.4 Å². The zero-order valence-electron chi connectivity index (χ0n) is 12.5. The fourth-order valence-electron chi connectivity index (χ4n) is 2.52. The number of morpholine rings is 1. The van der Waals surface area contributed by atoms with E-state index >= 15 is 0 Å². The normalized spacial score (nSPS) is 19.6. The van der Waals surface area contributed by atoms with Crippen molar-refractivity contribution in [1.82, 2.24) is 10.2 Å². The molecule has 0 bridgehead atoms. The highest BCUT2D eigenvalue weighted by Crippen LogP contribution is 2.07. The SMILES string of the molecule is CCN1CCOC(CNCc2ccc(CC(=O)O)cc2)C1. The average molecular weight is 292 g/mol. The van der Waals surface area contributed by atoms with Crippen LogP contribution >= 0.6 is 0 Å². The third-order valence-corrected chi connectivity index (χ3v) is 3.75. The van der Waals surface area contributed by atoms with Gasteiger partial charge in [-0.1, -0.05) is 31.2 Å². The number of hydrogen-bond donors (Lipinski definition) is 2. The van der Waals surface area contributed by atoms with Crippen LogP contribution in [0.1, 0.15) is 18.1 Å². The highest BCUT2D eigenvalue weighted by molar-refractivity contribution is 5.70. The Morgan fingerprint density at radius 2 is 2.10 bits per heavy atom. The second-order valence-corrected chi connectivity index (χ2v) is 5.40. The lowest BCUT2D eigenvalue weighted by Crippen LogP contribution is -2.46. The van der Waals surface area contributed by atoms with Crippen LogP contribution in [-0.2, 0) is 22.5 Å². The summed E-state index contributed by atoms with van der Waals surface area (Å²) >= 11 is 0. The van der Waals surface area contributed by atoms with Crippen LogP contribution in [0.5, 0.6) is 0 Å². The molecule has 1 aliphatic rings. The maximum Gasteiger partial charge on any atom is 0.307 e. The molecule has 0 aromatic heterocycles. The fraction of sp³-hybridized carbons (Fsp3) is 0.562. The van der Waals surface area contributed by atoms with Crippen LogP contribution in [0.3, 0.4) is 0 Å². The third kappa shape index (κ3) is 5.46. The number of carboxylic acid groups (broad SMARTS) is 1. The fourth-order valence-corrected chi connectivity index (χ4v) is 2.52. The van der Waals surface area contributed by atoms with Crippen molar-refractivity contribution in [3.8, 4) is 0 Å². The predicted octanol–water partition coefficient (Wildman–Crippen LogP) is 1.12. The monoisotopic (exact) mass is 292 g/mol. The molecule has 1 fully saturated rings. The van der Waals surface area contributed by atoms with E-state index in [1.807, 2.05) is 24.3 Å². The maximum atomic E-state index is 10.6. The van der Waals surface area contributed by atoms with Gasteiger partial charge >= 0.3 is 5.97 Å². The summed E-state index contributed by atoms with van der Waals surface area (Å²) < 4.78 is 5.74. The molecule has 1 saturated heterocycles. The Bertz CT molecular complexity index is 447. The zero-order valence-corrected chi connectivity index (χ0v) is 12.5. The van der Waals surface area contributed by atoms with E-state index in [1.165, 1.54) is 0 Å². The van der Waals surface area contributed by atoms with E-state index in [9.17, 15) is 4.79 Å². The predicted molar refractivity (Wildman–Crippen MR) is 81.3 cm³/mol. The van der Waals surface area contributed by atoms with Gasteiger partial charge in [0, 0.05) is 26.2 Å². The van der Waals surface area contributed by atoms with Gasteiger partial charge < -0.3 is 15.2 Å². The first-order chi connectivity index (χ1) is 10.2. The second kappa shape index (κ2) is 8.12. The van der Waals surface area contributed by atoms with Crippen molar-refractivity contribution in [2.24, 2.45) is 0 Å². The Morgan fingerprint density at radius 1 is 1.38 bits per heavy atom. The summed E-state index contributed by atoms with van der Waals surface area (Å²) in [6, 6.07) is 7.71. The number of benzene rings is 1. The summed E-state index contributed by atoms with van der Waals surface area (Å²) in [5.74, 6) is -0.796. The van der Waals surface area contributed by atoms with Crippen molar-refractivity contribution in [2.75, 3.05) is 32.8 Å². The smallest absolute Gasteiger partial charge is 0.307 e. The minimum atomic E-state index is -0.796. The van der Waals surface area contributed by atoms with Gasteiger partial charge in [-0.3, -0.25) is 9.69 Å². The molecule has 1 aliphatic heterocycles. The third-order valence-electron chi connectivity index (χ3n) is 3.75. The number of carbonyl (C=O) groups is 1. The van der Waals surface area contributed by atoms with Gasteiger partial charge in [-0.05, 0) is 17.7 Å². The van der Waals surface area contributed by atoms with E-state index < -0.39 is 5.97 Å². The molecule has 0 spiro atoms. The number of nitrogens with one attached hydrogen (secondary N) is 1. The van der Waals surface area contributed by atoms with Crippen LogP contribution < -0.4 is 5.32 Å². The van der Waals surface area contributed by atoms with Crippen molar-refractivity contribution in [2.45, 2.75) is 26.0 Å². The first-order valence-corrected chi connectivity index (χ1v) is 7.51. The number of carboxylic acids is 1. The first-order valence-electron chi connectivity index (χ1n) is 7.51. The molecule has 21 heavy (non-hydrogen) atoms. The van der Waals surface area contributed by atoms with E-state index in [0.717, 1.165) is 50.5 Å². The van der Waals surface area contributed by atoms with E-state index in [4.69, 9.17) is 9.84 Å². The van der Waals surface area contributed by atoms with Gasteiger partial charge in [-0.15, -0.1) is 0 Å². The largest absolute Gasteiger partial charge is 0.481 e. The second-order valence-electron chi connectivity index (χ2n) is 5.40. The molecule has 2 rings (SSSR count). The summed E-state index contributed by atoms with van der Waals surface area (Å²) in [4.78, 5) is 13.0.